The third-order valence-corrected chi connectivity index (χ3v) is 25.5. The fourth-order valence-corrected chi connectivity index (χ4v) is 17.8. The summed E-state index contributed by atoms with van der Waals surface area (Å²) in [6.45, 7) is 0.766. The lowest BCUT2D eigenvalue weighted by atomic mass is 9.90. The number of ketones is 1. The molecular weight excluding hydrogens is 1780 g/mol. The summed E-state index contributed by atoms with van der Waals surface area (Å²) in [4.78, 5) is 282. The largest absolute Gasteiger partial charge is 0.508 e. The number of aromatic hydroxyl groups is 1. The molecule has 0 bridgehead atoms. The first-order valence-electron chi connectivity index (χ1n) is 44.9. The maximum atomic E-state index is 15.9. The van der Waals surface area contributed by atoms with Crippen molar-refractivity contribution in [3.05, 3.63) is 156 Å². The number of thioether (sulfide) groups is 1. The van der Waals surface area contributed by atoms with E-state index in [1.54, 1.807) is 91.3 Å². The number of nitrogens with two attached hydrogens (primary N) is 4. The number of phenols is 1. The van der Waals surface area contributed by atoms with E-state index in [-0.39, 0.29) is 75.9 Å². The number of nitrogens with zero attached hydrogens (tertiary/aromatic N) is 6. The van der Waals surface area contributed by atoms with Gasteiger partial charge in [-0.3, -0.25) is 86.3 Å². The SMILES string of the molecule is CCCC[C@H]1C(=O)N(C)[C@@H](Cc2ccccc2)C(=O)N[C@@H](CN)C(=O)N[C@H](C(=O)NCC(N)=O)CSCC(=O)N[C@@H](Cc2ccc(O)cc2)C(=O)N(C)[C@@H](C)C(=O)N[C@@H](CC(N)=O)C(=O)N2CCC[C@H]2C(=O)N[C@@H](Cc2c[nH]cn2)C(=O)N[C@@H](CCC(=O)O)C(=O)N2C[C@H](O)C[C@H]2C(=O)C[C@@H](Cc2c[nH]c3ccccc23)C(=O)N[C@@H](CCN)C(=O)N[C@@H](Cc2c[nH]c3ccccc23)C(=O)N1C. The summed E-state index contributed by atoms with van der Waals surface area (Å²) in [5.74, 6) is -20.4. The Morgan fingerprint density at radius 1 is 0.544 bits per heavy atom. The highest BCUT2D eigenvalue weighted by atomic mass is 32.2. The van der Waals surface area contributed by atoms with Crippen molar-refractivity contribution in [2.24, 2.45) is 28.9 Å². The van der Waals surface area contributed by atoms with E-state index in [2.05, 4.69) is 67.8 Å². The number of likely N-dealkylation sites (N-methyl/N-ethyl adjacent to an activating group) is 3. The highest BCUT2D eigenvalue weighted by molar-refractivity contribution is 8.00. The summed E-state index contributed by atoms with van der Waals surface area (Å²) in [5, 5.41) is 56.6. The number of carboxylic acids is 1. The molecule has 0 aliphatic carbocycles. The summed E-state index contributed by atoms with van der Waals surface area (Å²) in [7, 11) is 3.87. The molecule has 4 aromatic carbocycles. The van der Waals surface area contributed by atoms with E-state index >= 15 is 38.4 Å². The summed E-state index contributed by atoms with van der Waals surface area (Å²) >= 11 is 0.744. The quantitative estimate of drug-likeness (QED) is 0.0288. The van der Waals surface area contributed by atoms with Crippen LogP contribution in [-0.4, -0.2) is 316 Å². The number of aromatic nitrogens is 4. The number of aliphatic carboxylic acids is 1. The van der Waals surface area contributed by atoms with E-state index in [9.17, 15) is 63.3 Å². The molecule has 10 rings (SSSR count). The molecule has 136 heavy (non-hydrogen) atoms. The maximum absolute atomic E-state index is 15.9. The van der Waals surface area contributed by atoms with Crippen LogP contribution in [0.15, 0.2) is 128 Å². The lowest BCUT2D eigenvalue weighted by Crippen LogP contribution is -2.61. The molecule has 730 valence electrons. The molecule has 3 saturated heterocycles. The number of hydrogen-bond acceptors (Lipinski definition) is 24. The molecule has 16 amide bonds. The number of phenolic OH excluding ortho intramolecular Hbond substituents is 1. The minimum atomic E-state index is -1.82. The van der Waals surface area contributed by atoms with Gasteiger partial charge in [0.05, 0.1) is 42.9 Å². The number of aliphatic hydroxyl groups is 1. The molecule has 23 N–H and O–H groups in total. The van der Waals surface area contributed by atoms with Gasteiger partial charge in [0.1, 0.15) is 78.3 Å². The first kappa shape index (κ1) is 104. The molecule has 0 radical (unpaired) electrons. The molecule has 6 heterocycles. The van der Waals surface area contributed by atoms with E-state index in [4.69, 9.17) is 22.9 Å². The summed E-state index contributed by atoms with van der Waals surface area (Å²) in [5.41, 5.74) is 27.1. The minimum absolute atomic E-state index is 0.0197. The van der Waals surface area contributed by atoms with Crippen molar-refractivity contribution in [1.29, 1.82) is 0 Å². The molecule has 3 aliphatic rings. The number of rotatable bonds is 24. The van der Waals surface area contributed by atoms with Gasteiger partial charge in [0, 0.05) is 138 Å². The topological polar surface area (TPSA) is 657 Å². The molecule has 3 aliphatic heterocycles. The smallest absolute Gasteiger partial charge is 0.303 e. The Bertz CT molecular complexity index is 5470. The highest BCUT2D eigenvalue weighted by Gasteiger charge is 2.47. The number of nitrogens with one attached hydrogen (secondary N) is 12. The second-order valence-electron chi connectivity index (χ2n) is 34.3. The number of carbonyl (C=O) groups is 18. The van der Waals surface area contributed by atoms with Gasteiger partial charge in [-0.25, -0.2) is 4.98 Å². The number of amides is 16. The van der Waals surface area contributed by atoms with Gasteiger partial charge in [-0.1, -0.05) is 98.6 Å². The Balaban J connectivity index is 1.02. The zero-order valence-electron chi connectivity index (χ0n) is 76.1. The Hall–Kier alpha value is -14.1. The maximum Gasteiger partial charge on any atom is 0.303 e. The number of carbonyl (C=O) groups excluding carboxylic acids is 17. The van der Waals surface area contributed by atoms with E-state index in [0.717, 1.165) is 36.3 Å². The number of carboxylic acid groups (broad SMARTS) is 1. The van der Waals surface area contributed by atoms with Gasteiger partial charge < -0.3 is 126 Å². The zero-order chi connectivity index (χ0) is 98.7. The fraction of sp³-hybridized carbons (Fsp3) is 0.467. The number of fused-ring (bicyclic) bond motifs is 4. The monoisotopic (exact) mass is 1900 g/mol. The number of imidazole rings is 1. The van der Waals surface area contributed by atoms with Crippen molar-refractivity contribution in [2.75, 3.05) is 65.4 Å². The van der Waals surface area contributed by atoms with Crippen LogP contribution < -0.4 is 70.8 Å². The summed E-state index contributed by atoms with van der Waals surface area (Å²) < 4.78 is 0. The Kier molecular flexibility index (Phi) is 37.6. The molecule has 3 aromatic heterocycles. The lowest BCUT2D eigenvalue weighted by Gasteiger charge is -2.36. The van der Waals surface area contributed by atoms with Gasteiger partial charge in [-0.05, 0) is 98.5 Å². The molecular formula is C92H120N22O21S. The first-order valence-corrected chi connectivity index (χ1v) is 46.1. The molecule has 15 atom stereocenters. The van der Waals surface area contributed by atoms with Crippen LogP contribution in [0.25, 0.3) is 21.8 Å². The van der Waals surface area contributed by atoms with Gasteiger partial charge in [0.2, 0.25) is 94.5 Å². The van der Waals surface area contributed by atoms with Gasteiger partial charge in [0.15, 0.2) is 5.78 Å². The average Bonchev–Trinajstić information content (AvgIpc) is 1.62. The number of hydrogen-bond donors (Lipinski definition) is 19. The van der Waals surface area contributed by atoms with Crippen LogP contribution in [0.3, 0.4) is 0 Å². The van der Waals surface area contributed by atoms with Crippen molar-refractivity contribution < 1.29 is 102 Å². The van der Waals surface area contributed by atoms with Gasteiger partial charge in [-0.15, -0.1) is 11.8 Å². The fourth-order valence-electron chi connectivity index (χ4n) is 16.9. The summed E-state index contributed by atoms with van der Waals surface area (Å²) in [6.07, 6.45) is 0.337. The second-order valence-corrected chi connectivity index (χ2v) is 35.3. The van der Waals surface area contributed by atoms with Crippen molar-refractivity contribution in [2.45, 2.75) is 201 Å². The number of benzene rings is 4. The number of aromatic amines is 3. The molecule has 0 saturated carbocycles. The lowest BCUT2D eigenvalue weighted by molar-refractivity contribution is -0.149. The standard InChI is InChI=1S/C92H120N22O21S/c1-6-7-22-72-92(135)112(5)74(34-51-16-9-8-10-17-51)87(130)108-69(41-94)85(128)109-70(82(125)100-45-77(96)119)47-136-48-78(120)102-66(33-52-24-26-57(115)27-25-52)88(131)110(3)50(2)80(123)106-68(40-76(95)118)91(134)113-32-15-23-71(113)86(129)105-65(38-56-44-97-49-101-56)84(127)104-64(28-29-79(121)122)90(133)114-46-58(116)39-73(114)75(117)37-53(35-54-42-98-61-20-13-11-18-59(54)61)81(124)103-63(30-31-93)83(126)107-67(89(132)111(72)4)36-55-43-99-62-21-14-12-19-60(55)62/h8-14,16-21,24-27,42-44,49-50,53,58,63-74,98-99,115-116H,6-7,15,22-23,28-41,45-48,93-94H2,1-5H3,(H2,95,118)(H2,96,119)(H,97,101)(H,100,125)(H,102,120)(H,103,124)(H,104,127)(H,105,129)(H,106,123)(H,107,126)(H,108,130)(H,109,128)(H,121,122)/t50-,53+,58+,63-,64-,65-,66-,67-,68-,69-,70-,71-,72-,73-,74-/m0/s1. The molecule has 43 nitrogen and oxygen atoms in total. The van der Waals surface area contributed by atoms with Crippen LogP contribution in [0, 0.1) is 5.92 Å². The predicted octanol–water partition coefficient (Wildman–Crippen LogP) is -2.92. The van der Waals surface area contributed by atoms with E-state index in [1.807, 2.05) is 6.92 Å². The average molecular weight is 1900 g/mol. The number of para-hydroxylation sites is 2. The van der Waals surface area contributed by atoms with Crippen molar-refractivity contribution in [3.8, 4) is 5.75 Å². The molecule has 0 unspecified atom stereocenters. The number of H-pyrrole nitrogens is 3. The Labute approximate surface area is 787 Å². The van der Waals surface area contributed by atoms with Gasteiger partial charge in [0.25, 0.3) is 0 Å². The molecule has 44 heteroatoms. The predicted molar refractivity (Wildman–Crippen MR) is 495 cm³/mol. The zero-order valence-corrected chi connectivity index (χ0v) is 77.0. The molecule has 3 fully saturated rings. The number of aliphatic hydroxyl groups excluding tert-OH is 1. The number of unbranched alkanes of at least 4 members (excludes halogenated alkanes) is 1. The van der Waals surface area contributed by atoms with Gasteiger partial charge >= 0.3 is 5.97 Å². The van der Waals surface area contributed by atoms with Crippen molar-refractivity contribution in [1.82, 2.24) is 92.3 Å². The first-order chi connectivity index (χ1) is 64.9. The van der Waals surface area contributed by atoms with Crippen LogP contribution >= 0.6 is 11.8 Å². The Morgan fingerprint density at radius 2 is 1.12 bits per heavy atom. The number of primary amides is 2. The minimum Gasteiger partial charge on any atom is -0.508 e. The van der Waals surface area contributed by atoms with Gasteiger partial charge in [-0.2, -0.15) is 0 Å². The highest BCUT2D eigenvalue weighted by Crippen LogP contribution is 2.30. The van der Waals surface area contributed by atoms with Crippen LogP contribution in [0.5, 0.6) is 5.75 Å². The Morgan fingerprint density at radius 3 is 1.76 bits per heavy atom. The van der Waals surface area contributed by atoms with Crippen LogP contribution in [0.1, 0.15) is 112 Å². The van der Waals surface area contributed by atoms with E-state index in [0.29, 0.717) is 56.9 Å². The molecule has 7 aromatic rings. The molecule has 0 spiro atoms. The van der Waals surface area contributed by atoms with E-state index in [1.165, 1.54) is 64.9 Å². The second kappa shape index (κ2) is 49.2. The van der Waals surface area contributed by atoms with Crippen LogP contribution in [-0.2, 0) is 118 Å². The normalized spacial score (nSPS) is 24.7. The van der Waals surface area contributed by atoms with Crippen LogP contribution in [0.4, 0.5) is 0 Å². The van der Waals surface area contributed by atoms with Crippen molar-refractivity contribution >= 4 is 140 Å². The number of Topliss-reactive ketones (excluding diaryl/α,β-unsaturated/α-hetero) is 1. The van der Waals surface area contributed by atoms with Crippen LogP contribution in [0.2, 0.25) is 0 Å². The third kappa shape index (κ3) is 28.0. The third-order valence-electron chi connectivity index (χ3n) is 24.5. The van der Waals surface area contributed by atoms with E-state index < -0.39 is 266 Å². The van der Waals surface area contributed by atoms with Crippen molar-refractivity contribution in [3.63, 3.8) is 0 Å². The summed E-state index contributed by atoms with van der Waals surface area (Å²) in [6, 6.07) is 7.36.